The predicted molar refractivity (Wildman–Crippen MR) is 77.0 cm³/mol. The van der Waals surface area contributed by atoms with E-state index in [0.29, 0.717) is 0 Å². The topological polar surface area (TPSA) is 202 Å². The van der Waals surface area contributed by atoms with Crippen LogP contribution in [0.2, 0.25) is 0 Å². The van der Waals surface area contributed by atoms with Gasteiger partial charge in [0.1, 0.15) is 0 Å². The molecule has 0 aliphatic carbocycles. The molecule has 138 valence electrons. The summed E-state index contributed by atoms with van der Waals surface area (Å²) in [6, 6.07) is 0. The predicted octanol–water partition coefficient (Wildman–Crippen LogP) is 0.0526. The van der Waals surface area contributed by atoms with Crippen molar-refractivity contribution in [2.75, 3.05) is 14.2 Å². The van der Waals surface area contributed by atoms with Crippen LogP contribution in [0.1, 0.15) is 62.1 Å². The summed E-state index contributed by atoms with van der Waals surface area (Å²) in [5.74, 6) is -11.7. The second-order valence-corrected chi connectivity index (χ2v) is 4.45. The second-order valence-electron chi connectivity index (χ2n) is 4.45. The molecular formula is C14H10O12. The van der Waals surface area contributed by atoms with Crippen molar-refractivity contribution in [1.82, 2.24) is 0 Å². The van der Waals surface area contributed by atoms with Crippen LogP contribution < -0.4 is 0 Å². The largest absolute Gasteiger partial charge is 0.478 e. The molecule has 0 saturated carbocycles. The molecular weight excluding hydrogens is 360 g/mol. The van der Waals surface area contributed by atoms with Gasteiger partial charge in [0, 0.05) is 0 Å². The molecule has 0 spiro atoms. The molecule has 0 heterocycles. The first-order chi connectivity index (χ1) is 12.0. The van der Waals surface area contributed by atoms with Crippen LogP contribution in [0.4, 0.5) is 0 Å². The van der Waals surface area contributed by atoms with Gasteiger partial charge in [-0.2, -0.15) is 0 Å². The molecule has 4 N–H and O–H groups in total. The van der Waals surface area contributed by atoms with Crippen molar-refractivity contribution >= 4 is 35.8 Å². The summed E-state index contributed by atoms with van der Waals surface area (Å²) in [5.41, 5.74) is -8.37. The lowest BCUT2D eigenvalue weighted by Gasteiger charge is -2.17. The minimum absolute atomic E-state index is 0.751. The molecule has 0 aromatic heterocycles. The number of esters is 2. The first-order valence-electron chi connectivity index (χ1n) is 6.34. The van der Waals surface area contributed by atoms with Gasteiger partial charge in [-0.3, -0.25) is 0 Å². The Morgan fingerprint density at radius 1 is 0.500 bits per heavy atom. The maximum absolute atomic E-state index is 12.0. The van der Waals surface area contributed by atoms with E-state index in [1.54, 1.807) is 0 Å². The van der Waals surface area contributed by atoms with Crippen LogP contribution in [-0.4, -0.2) is 70.5 Å². The van der Waals surface area contributed by atoms with E-state index < -0.39 is 69.2 Å². The number of carboxylic acid groups (broad SMARTS) is 4. The van der Waals surface area contributed by atoms with Gasteiger partial charge < -0.3 is 29.9 Å². The summed E-state index contributed by atoms with van der Waals surface area (Å²) in [7, 11) is 1.50. The smallest absolute Gasteiger partial charge is 0.339 e. The van der Waals surface area contributed by atoms with Crippen LogP contribution in [0.15, 0.2) is 0 Å². The van der Waals surface area contributed by atoms with Crippen molar-refractivity contribution in [2.45, 2.75) is 0 Å². The lowest BCUT2D eigenvalue weighted by Crippen LogP contribution is -2.28. The van der Waals surface area contributed by atoms with E-state index in [0.717, 1.165) is 14.2 Å². The van der Waals surface area contributed by atoms with Gasteiger partial charge in [0.05, 0.1) is 47.6 Å². The van der Waals surface area contributed by atoms with E-state index in [9.17, 15) is 49.2 Å². The average molecular weight is 370 g/mol. The van der Waals surface area contributed by atoms with E-state index in [1.165, 1.54) is 0 Å². The summed E-state index contributed by atoms with van der Waals surface area (Å²) in [5, 5.41) is 37.0. The average Bonchev–Trinajstić information content (AvgIpc) is 2.56. The molecule has 26 heavy (non-hydrogen) atoms. The lowest BCUT2D eigenvalue weighted by molar-refractivity contribution is 0.0533. The maximum Gasteiger partial charge on any atom is 0.339 e. The van der Waals surface area contributed by atoms with Gasteiger partial charge >= 0.3 is 35.8 Å². The van der Waals surface area contributed by atoms with Crippen LogP contribution in [0, 0.1) is 0 Å². The lowest BCUT2D eigenvalue weighted by atomic mass is 9.86. The van der Waals surface area contributed by atoms with E-state index in [4.69, 9.17) is 0 Å². The molecule has 0 aliphatic heterocycles. The molecule has 0 unspecified atom stereocenters. The third kappa shape index (κ3) is 3.15. The van der Waals surface area contributed by atoms with Crippen LogP contribution in [-0.2, 0) is 9.47 Å². The number of aromatic carboxylic acids is 4. The van der Waals surface area contributed by atoms with E-state index >= 15 is 0 Å². The molecule has 1 aromatic rings. The quantitative estimate of drug-likeness (QED) is 0.491. The third-order valence-corrected chi connectivity index (χ3v) is 3.13. The monoisotopic (exact) mass is 370 g/mol. The summed E-state index contributed by atoms with van der Waals surface area (Å²) >= 11 is 0. The van der Waals surface area contributed by atoms with Crippen LogP contribution in [0.3, 0.4) is 0 Å². The normalized spacial score (nSPS) is 9.92. The zero-order chi connectivity index (χ0) is 20.3. The molecule has 12 nitrogen and oxygen atoms in total. The van der Waals surface area contributed by atoms with Crippen LogP contribution >= 0.6 is 0 Å². The molecule has 0 radical (unpaired) electrons. The maximum atomic E-state index is 12.0. The van der Waals surface area contributed by atoms with E-state index in [2.05, 4.69) is 9.47 Å². The number of hydrogen-bond acceptors (Lipinski definition) is 8. The van der Waals surface area contributed by atoms with Gasteiger partial charge in [-0.1, -0.05) is 0 Å². The molecule has 0 aliphatic rings. The molecule has 1 aromatic carbocycles. The number of ether oxygens (including phenoxy) is 2. The van der Waals surface area contributed by atoms with Gasteiger partial charge in [-0.15, -0.1) is 0 Å². The summed E-state index contributed by atoms with van der Waals surface area (Å²) < 4.78 is 8.58. The van der Waals surface area contributed by atoms with E-state index in [1.807, 2.05) is 0 Å². The van der Waals surface area contributed by atoms with Crippen molar-refractivity contribution in [3.8, 4) is 0 Å². The minimum Gasteiger partial charge on any atom is -0.478 e. The number of rotatable bonds is 6. The number of hydrogen-bond donors (Lipinski definition) is 4. The molecule has 0 saturated heterocycles. The fourth-order valence-corrected chi connectivity index (χ4v) is 2.22. The van der Waals surface area contributed by atoms with Crippen molar-refractivity contribution in [3.63, 3.8) is 0 Å². The minimum atomic E-state index is -2.15. The number of methoxy groups -OCH3 is 2. The van der Waals surface area contributed by atoms with Gasteiger partial charge in [0.25, 0.3) is 0 Å². The first-order valence-corrected chi connectivity index (χ1v) is 6.34. The Kier molecular flexibility index (Phi) is 5.63. The van der Waals surface area contributed by atoms with Crippen molar-refractivity contribution in [1.29, 1.82) is 0 Å². The summed E-state index contributed by atoms with van der Waals surface area (Å²) in [4.78, 5) is 69.9. The second kappa shape index (κ2) is 7.29. The van der Waals surface area contributed by atoms with Crippen molar-refractivity contribution in [3.05, 3.63) is 33.4 Å². The standard InChI is InChI=1S/C14H10O12/c1-25-13(23)7-5(11(19)20)3(9(15)16)4(10(17)18)6(12(21)22)8(7)14(24)26-2/h1-2H3,(H,15,16)(H,17,18)(H,19,20)(H,21,22). The molecule has 1 rings (SSSR count). The number of carbonyl (C=O) groups excluding carboxylic acids is 2. The highest BCUT2D eigenvalue weighted by atomic mass is 16.5. The molecule has 0 atom stereocenters. The van der Waals surface area contributed by atoms with Crippen molar-refractivity contribution in [2.24, 2.45) is 0 Å². The van der Waals surface area contributed by atoms with Gasteiger partial charge in [-0.25, -0.2) is 28.8 Å². The Morgan fingerprint density at radius 3 is 0.846 bits per heavy atom. The highest BCUT2D eigenvalue weighted by molar-refractivity contribution is 6.23. The fourth-order valence-electron chi connectivity index (χ4n) is 2.22. The Balaban J connectivity index is 4.51. The molecule has 0 amide bonds. The van der Waals surface area contributed by atoms with Gasteiger partial charge in [0.2, 0.25) is 0 Å². The van der Waals surface area contributed by atoms with Crippen LogP contribution in [0.25, 0.3) is 0 Å². The van der Waals surface area contributed by atoms with E-state index in [-0.39, 0.29) is 0 Å². The Labute approximate surface area is 143 Å². The zero-order valence-electron chi connectivity index (χ0n) is 13.1. The SMILES string of the molecule is COC(=O)c1c(C(=O)O)c(C(=O)O)c(C(=O)O)c(C(=O)O)c1C(=O)OC. The van der Waals surface area contributed by atoms with Crippen molar-refractivity contribution < 1.29 is 58.7 Å². The zero-order valence-corrected chi connectivity index (χ0v) is 13.1. The highest BCUT2D eigenvalue weighted by Gasteiger charge is 2.41. The number of benzene rings is 1. The Hall–Kier alpha value is -3.96. The fraction of sp³-hybridized carbons (Fsp3) is 0.143. The van der Waals surface area contributed by atoms with Gasteiger partial charge in [0.15, 0.2) is 0 Å². The molecule has 0 fully saturated rings. The highest BCUT2D eigenvalue weighted by Crippen LogP contribution is 2.31. The molecule has 0 bridgehead atoms. The first kappa shape index (κ1) is 20.1. The van der Waals surface area contributed by atoms with Crippen LogP contribution in [0.5, 0.6) is 0 Å². The summed E-state index contributed by atoms with van der Waals surface area (Å²) in [6.45, 7) is 0. The Morgan fingerprint density at radius 2 is 0.692 bits per heavy atom. The molecule has 12 heteroatoms. The number of carbonyl (C=O) groups is 6. The Bertz CT molecular complexity index is 792. The van der Waals surface area contributed by atoms with Gasteiger partial charge in [-0.05, 0) is 0 Å². The summed E-state index contributed by atoms with van der Waals surface area (Å²) in [6.07, 6.45) is 0. The third-order valence-electron chi connectivity index (χ3n) is 3.13. The number of carboxylic acids is 4.